The maximum Gasteiger partial charge on any atom is 0.269 e. The second-order valence-corrected chi connectivity index (χ2v) is 7.69. The third kappa shape index (κ3) is 4.71. The van der Waals surface area contributed by atoms with E-state index in [9.17, 15) is 9.59 Å². The van der Waals surface area contributed by atoms with E-state index in [2.05, 4.69) is 21.0 Å². The lowest BCUT2D eigenvalue weighted by Crippen LogP contribution is -2.44. The van der Waals surface area contributed by atoms with Crippen LogP contribution in [-0.4, -0.2) is 31.8 Å². The normalized spacial score (nSPS) is 11.7. The monoisotopic (exact) mass is 415 g/mol. The van der Waals surface area contributed by atoms with Crippen LogP contribution in [0.1, 0.15) is 17.3 Å². The molecule has 2 aromatic carbocycles. The molecule has 7 nitrogen and oxygen atoms in total. The summed E-state index contributed by atoms with van der Waals surface area (Å²) in [4.78, 5) is 24.3. The highest BCUT2D eigenvalue weighted by Crippen LogP contribution is 2.26. The predicted octanol–water partition coefficient (Wildman–Crippen LogP) is 3.08. The first-order valence-electron chi connectivity index (χ1n) is 8.43. The summed E-state index contributed by atoms with van der Waals surface area (Å²) in [5.74, 6) is -0.0516. The van der Waals surface area contributed by atoms with Crippen LogP contribution < -0.4 is 10.9 Å². The number of aromatic nitrogens is 3. The summed E-state index contributed by atoms with van der Waals surface area (Å²) in [7, 11) is 1.83. The van der Waals surface area contributed by atoms with Gasteiger partial charge < -0.3 is 4.57 Å². The second kappa shape index (κ2) is 8.90. The lowest BCUT2D eigenvalue weighted by Gasteiger charge is -2.12. The number of carbonyl (C=O) groups is 2. The van der Waals surface area contributed by atoms with Gasteiger partial charge in [0.2, 0.25) is 0 Å². The zero-order valence-electron chi connectivity index (χ0n) is 15.2. The fourth-order valence-electron chi connectivity index (χ4n) is 2.36. The molecule has 0 fully saturated rings. The third-order valence-corrected chi connectivity index (χ3v) is 5.31. The largest absolute Gasteiger partial charge is 0.305 e. The van der Waals surface area contributed by atoms with Crippen LogP contribution in [0.15, 0.2) is 59.8 Å². The molecule has 2 amide bonds. The molecular weight excluding hydrogens is 398 g/mol. The quantitative estimate of drug-likeness (QED) is 0.493. The van der Waals surface area contributed by atoms with Crippen LogP contribution in [0.3, 0.4) is 0 Å². The number of benzene rings is 2. The van der Waals surface area contributed by atoms with Gasteiger partial charge in [-0.25, -0.2) is 0 Å². The summed E-state index contributed by atoms with van der Waals surface area (Å²) in [5.41, 5.74) is 6.18. The van der Waals surface area contributed by atoms with Crippen molar-refractivity contribution in [2.75, 3.05) is 0 Å². The Morgan fingerprint density at radius 3 is 2.39 bits per heavy atom. The van der Waals surface area contributed by atoms with Crippen molar-refractivity contribution < 1.29 is 9.59 Å². The van der Waals surface area contributed by atoms with Gasteiger partial charge in [0, 0.05) is 23.2 Å². The molecule has 9 heteroatoms. The van der Waals surface area contributed by atoms with Crippen molar-refractivity contribution in [2.45, 2.75) is 17.3 Å². The summed E-state index contributed by atoms with van der Waals surface area (Å²) in [5, 5.41) is 9.08. The zero-order chi connectivity index (χ0) is 20.1. The van der Waals surface area contributed by atoms with Gasteiger partial charge in [0.15, 0.2) is 11.0 Å². The van der Waals surface area contributed by atoms with Crippen molar-refractivity contribution in [3.05, 3.63) is 65.2 Å². The number of nitrogens with one attached hydrogen (secondary N) is 2. The third-order valence-electron chi connectivity index (χ3n) is 3.92. The Bertz CT molecular complexity index is 976. The molecule has 3 aromatic rings. The second-order valence-electron chi connectivity index (χ2n) is 5.94. The average Bonchev–Trinajstić information content (AvgIpc) is 3.07. The highest BCUT2D eigenvalue weighted by molar-refractivity contribution is 8.00. The Labute approximate surface area is 171 Å². The number of halogens is 1. The van der Waals surface area contributed by atoms with Gasteiger partial charge in [0.25, 0.3) is 11.8 Å². The van der Waals surface area contributed by atoms with Gasteiger partial charge in [0.1, 0.15) is 0 Å². The molecule has 0 unspecified atom stereocenters. The lowest BCUT2D eigenvalue weighted by atomic mass is 10.2. The minimum atomic E-state index is -0.489. The van der Waals surface area contributed by atoms with Crippen LogP contribution in [0, 0.1) is 0 Å². The van der Waals surface area contributed by atoms with Crippen molar-refractivity contribution in [3.8, 4) is 11.4 Å². The molecule has 3 rings (SSSR count). The van der Waals surface area contributed by atoms with Crippen molar-refractivity contribution in [2.24, 2.45) is 7.05 Å². The van der Waals surface area contributed by atoms with Gasteiger partial charge in [-0.1, -0.05) is 41.6 Å². The molecule has 144 valence electrons. The highest BCUT2D eigenvalue weighted by atomic mass is 35.5. The summed E-state index contributed by atoms with van der Waals surface area (Å²) >= 11 is 7.16. The molecule has 0 radical (unpaired) electrons. The molecule has 1 atom stereocenters. The van der Waals surface area contributed by atoms with E-state index in [0.717, 1.165) is 5.56 Å². The van der Waals surface area contributed by atoms with Crippen molar-refractivity contribution >= 4 is 35.2 Å². The van der Waals surface area contributed by atoms with Crippen LogP contribution in [0.25, 0.3) is 11.4 Å². The first kappa shape index (κ1) is 19.9. The number of nitrogens with zero attached hydrogens (tertiary/aromatic N) is 3. The van der Waals surface area contributed by atoms with E-state index in [1.807, 2.05) is 25.2 Å². The Hall–Kier alpha value is -2.84. The SMILES string of the molecule is C[C@H](Sc1nnc(-c2ccc(Cl)cc2)n1C)C(=O)NNC(=O)c1ccccc1. The summed E-state index contributed by atoms with van der Waals surface area (Å²) in [6.07, 6.45) is 0. The standard InChI is InChI=1S/C19H18ClN5O2S/c1-12(17(26)22-23-18(27)14-6-4-3-5-7-14)28-19-24-21-16(25(19)2)13-8-10-15(20)11-9-13/h3-12H,1-2H3,(H,22,26)(H,23,27)/t12-/m0/s1. The number of rotatable bonds is 5. The minimum absolute atomic E-state index is 0.342. The first-order valence-corrected chi connectivity index (χ1v) is 9.68. The number of carbonyl (C=O) groups excluding carboxylic acids is 2. The van der Waals surface area contributed by atoms with Crippen molar-refractivity contribution in [1.29, 1.82) is 0 Å². The van der Waals surface area contributed by atoms with E-state index >= 15 is 0 Å². The van der Waals surface area contributed by atoms with Gasteiger partial charge in [-0.2, -0.15) is 0 Å². The predicted molar refractivity (Wildman–Crippen MR) is 109 cm³/mol. The number of amides is 2. The van der Waals surface area contributed by atoms with Gasteiger partial charge in [-0.3, -0.25) is 20.4 Å². The average molecular weight is 416 g/mol. The Morgan fingerprint density at radius 2 is 1.71 bits per heavy atom. The molecule has 28 heavy (non-hydrogen) atoms. The van der Waals surface area contributed by atoms with E-state index in [1.54, 1.807) is 47.9 Å². The van der Waals surface area contributed by atoms with Crippen LogP contribution in [-0.2, 0) is 11.8 Å². The Balaban J connectivity index is 1.60. The van der Waals surface area contributed by atoms with Crippen molar-refractivity contribution in [1.82, 2.24) is 25.6 Å². The molecule has 0 saturated carbocycles. The summed E-state index contributed by atoms with van der Waals surface area (Å²) in [6, 6.07) is 15.9. The van der Waals surface area contributed by atoms with Crippen LogP contribution in [0.2, 0.25) is 5.02 Å². The molecular formula is C19H18ClN5O2S. The fourth-order valence-corrected chi connectivity index (χ4v) is 3.30. The van der Waals surface area contributed by atoms with Crippen LogP contribution in [0.4, 0.5) is 0 Å². The Kier molecular flexibility index (Phi) is 6.33. The lowest BCUT2D eigenvalue weighted by molar-refractivity contribution is -0.121. The molecule has 1 heterocycles. The fraction of sp³-hybridized carbons (Fsp3) is 0.158. The maximum absolute atomic E-state index is 12.3. The maximum atomic E-state index is 12.3. The molecule has 0 spiro atoms. The van der Waals surface area contributed by atoms with Gasteiger partial charge in [0.05, 0.1) is 5.25 Å². The van der Waals surface area contributed by atoms with E-state index in [-0.39, 0.29) is 11.8 Å². The van der Waals surface area contributed by atoms with E-state index in [4.69, 9.17) is 11.6 Å². The summed E-state index contributed by atoms with van der Waals surface area (Å²) in [6.45, 7) is 1.73. The molecule has 0 bridgehead atoms. The molecule has 0 aliphatic heterocycles. The van der Waals surface area contributed by atoms with E-state index in [1.165, 1.54) is 11.8 Å². The number of thioether (sulfide) groups is 1. The highest BCUT2D eigenvalue weighted by Gasteiger charge is 2.20. The van der Waals surface area contributed by atoms with E-state index < -0.39 is 5.25 Å². The Morgan fingerprint density at radius 1 is 1.04 bits per heavy atom. The topological polar surface area (TPSA) is 88.9 Å². The zero-order valence-corrected chi connectivity index (χ0v) is 16.8. The molecule has 2 N–H and O–H groups in total. The van der Waals surface area contributed by atoms with Crippen LogP contribution in [0.5, 0.6) is 0 Å². The smallest absolute Gasteiger partial charge is 0.269 e. The van der Waals surface area contributed by atoms with Gasteiger partial charge in [-0.15, -0.1) is 10.2 Å². The van der Waals surface area contributed by atoms with Crippen LogP contribution >= 0.6 is 23.4 Å². The molecule has 1 aromatic heterocycles. The van der Waals surface area contributed by atoms with Crippen molar-refractivity contribution in [3.63, 3.8) is 0 Å². The molecule has 0 aliphatic rings. The summed E-state index contributed by atoms with van der Waals surface area (Å²) < 4.78 is 1.81. The minimum Gasteiger partial charge on any atom is -0.305 e. The van der Waals surface area contributed by atoms with E-state index in [0.29, 0.717) is 21.6 Å². The van der Waals surface area contributed by atoms with Gasteiger partial charge >= 0.3 is 0 Å². The van der Waals surface area contributed by atoms with Gasteiger partial charge in [-0.05, 0) is 43.3 Å². The number of hydrogen-bond acceptors (Lipinski definition) is 5. The first-order chi connectivity index (χ1) is 13.5. The molecule has 0 aliphatic carbocycles. The number of hydrogen-bond donors (Lipinski definition) is 2. The molecule has 0 saturated heterocycles. The number of hydrazine groups is 1.